The van der Waals surface area contributed by atoms with E-state index in [1.54, 1.807) is 13.8 Å². The maximum atomic E-state index is 12.0. The second kappa shape index (κ2) is 18.6. The first-order valence-corrected chi connectivity index (χ1v) is 11.9. The Hall–Kier alpha value is -1.39. The molecule has 0 spiro atoms. The number of unbranched alkanes of at least 4 members (excludes halogenated alkanes) is 12. The van der Waals surface area contributed by atoms with Crippen molar-refractivity contribution >= 4 is 17.7 Å². The average Bonchev–Trinajstić information content (AvgIpc) is 2.68. The summed E-state index contributed by atoms with van der Waals surface area (Å²) in [5.41, 5.74) is 0. The Labute approximate surface area is 178 Å². The van der Waals surface area contributed by atoms with Gasteiger partial charge < -0.3 is 10.4 Å². The SMILES string of the molecule is CCCCCCCCCCCCCCCC(=O)N[C@@H](CCC(=O)C(C)C)C(=O)O. The fourth-order valence-electron chi connectivity index (χ4n) is 3.40. The Morgan fingerprint density at radius 2 is 1.17 bits per heavy atom. The lowest BCUT2D eigenvalue weighted by Crippen LogP contribution is -2.41. The average molecular weight is 412 g/mol. The highest BCUT2D eigenvalue weighted by Crippen LogP contribution is 2.13. The minimum atomic E-state index is -1.07. The molecule has 170 valence electrons. The van der Waals surface area contributed by atoms with Crippen LogP contribution in [0, 0.1) is 5.92 Å². The molecule has 0 saturated heterocycles. The molecule has 1 atom stereocenters. The molecule has 2 N–H and O–H groups in total. The highest BCUT2D eigenvalue weighted by atomic mass is 16.4. The topological polar surface area (TPSA) is 83.5 Å². The van der Waals surface area contributed by atoms with Crippen molar-refractivity contribution in [3.05, 3.63) is 0 Å². The second-order valence-corrected chi connectivity index (χ2v) is 8.61. The summed E-state index contributed by atoms with van der Waals surface area (Å²) in [5.74, 6) is -1.37. The number of hydrogen-bond donors (Lipinski definition) is 2. The molecule has 5 heteroatoms. The number of rotatable bonds is 20. The van der Waals surface area contributed by atoms with Gasteiger partial charge in [0.25, 0.3) is 0 Å². The second-order valence-electron chi connectivity index (χ2n) is 8.61. The molecule has 0 aliphatic rings. The molecule has 0 aromatic heterocycles. The quantitative estimate of drug-likeness (QED) is 0.239. The van der Waals surface area contributed by atoms with Crippen molar-refractivity contribution in [1.82, 2.24) is 5.32 Å². The van der Waals surface area contributed by atoms with Crippen LogP contribution in [0.3, 0.4) is 0 Å². The minimum Gasteiger partial charge on any atom is -0.480 e. The summed E-state index contributed by atoms with van der Waals surface area (Å²) < 4.78 is 0. The monoisotopic (exact) mass is 411 g/mol. The van der Waals surface area contributed by atoms with Crippen LogP contribution in [0.1, 0.15) is 124 Å². The normalized spacial score (nSPS) is 12.1. The zero-order valence-corrected chi connectivity index (χ0v) is 19.1. The van der Waals surface area contributed by atoms with Crippen LogP contribution in [0.25, 0.3) is 0 Å². The van der Waals surface area contributed by atoms with Crippen LogP contribution in [0.15, 0.2) is 0 Å². The van der Waals surface area contributed by atoms with Crippen LogP contribution >= 0.6 is 0 Å². The molecule has 0 aliphatic carbocycles. The van der Waals surface area contributed by atoms with Crippen LogP contribution in [0.4, 0.5) is 0 Å². The van der Waals surface area contributed by atoms with Crippen LogP contribution < -0.4 is 5.32 Å². The van der Waals surface area contributed by atoms with Gasteiger partial charge >= 0.3 is 5.97 Å². The number of amides is 1. The van der Waals surface area contributed by atoms with Crippen molar-refractivity contribution < 1.29 is 19.5 Å². The molecule has 0 aliphatic heterocycles. The first-order valence-electron chi connectivity index (χ1n) is 11.9. The van der Waals surface area contributed by atoms with E-state index in [-0.39, 0.29) is 30.4 Å². The number of carbonyl (C=O) groups excluding carboxylic acids is 2. The first-order chi connectivity index (χ1) is 13.9. The van der Waals surface area contributed by atoms with Gasteiger partial charge in [-0.3, -0.25) is 9.59 Å². The molecule has 0 fully saturated rings. The van der Waals surface area contributed by atoms with Crippen molar-refractivity contribution in [2.24, 2.45) is 5.92 Å². The van der Waals surface area contributed by atoms with Gasteiger partial charge in [0.05, 0.1) is 0 Å². The largest absolute Gasteiger partial charge is 0.480 e. The molecule has 0 saturated carbocycles. The molecule has 29 heavy (non-hydrogen) atoms. The van der Waals surface area contributed by atoms with Crippen LogP contribution in [-0.4, -0.2) is 28.8 Å². The Kier molecular flexibility index (Phi) is 17.7. The van der Waals surface area contributed by atoms with Gasteiger partial charge in [0.15, 0.2) is 0 Å². The van der Waals surface area contributed by atoms with Crippen molar-refractivity contribution in [1.29, 1.82) is 0 Å². The van der Waals surface area contributed by atoms with Gasteiger partial charge in [-0.05, 0) is 12.8 Å². The van der Waals surface area contributed by atoms with Crippen LogP contribution in [-0.2, 0) is 14.4 Å². The fraction of sp³-hybridized carbons (Fsp3) is 0.875. The van der Waals surface area contributed by atoms with Crippen molar-refractivity contribution in [3.63, 3.8) is 0 Å². The summed E-state index contributed by atoms with van der Waals surface area (Å²) >= 11 is 0. The van der Waals surface area contributed by atoms with Crippen molar-refractivity contribution in [2.75, 3.05) is 0 Å². The third-order valence-electron chi connectivity index (χ3n) is 5.46. The fourth-order valence-corrected chi connectivity index (χ4v) is 3.40. The summed E-state index contributed by atoms with van der Waals surface area (Å²) in [5, 5.41) is 11.8. The molecule has 0 rings (SSSR count). The standard InChI is InChI=1S/C24H45NO4/c1-4-5-6-7-8-9-10-11-12-13-14-15-16-17-23(27)25-21(24(28)29)18-19-22(26)20(2)3/h20-21H,4-19H2,1-3H3,(H,25,27)(H,28,29)/t21-/m0/s1. The van der Waals surface area contributed by atoms with Gasteiger partial charge in [0.1, 0.15) is 11.8 Å². The molecule has 5 nitrogen and oxygen atoms in total. The zero-order chi connectivity index (χ0) is 21.9. The smallest absolute Gasteiger partial charge is 0.326 e. The molecule has 0 bridgehead atoms. The Balaban J connectivity index is 3.64. The molecule has 0 radical (unpaired) electrons. The van der Waals surface area contributed by atoms with E-state index in [0.29, 0.717) is 6.42 Å². The molecule has 0 aromatic rings. The third kappa shape index (κ3) is 17.2. The van der Waals surface area contributed by atoms with Gasteiger partial charge in [-0.15, -0.1) is 0 Å². The number of hydrogen-bond acceptors (Lipinski definition) is 3. The first kappa shape index (κ1) is 27.6. The predicted octanol–water partition coefficient (Wildman–Crippen LogP) is 6.04. The van der Waals surface area contributed by atoms with E-state index in [1.165, 1.54) is 64.2 Å². The maximum Gasteiger partial charge on any atom is 0.326 e. The predicted molar refractivity (Wildman–Crippen MR) is 119 cm³/mol. The van der Waals surface area contributed by atoms with Crippen LogP contribution in [0.5, 0.6) is 0 Å². The van der Waals surface area contributed by atoms with E-state index < -0.39 is 12.0 Å². The molecular formula is C24H45NO4. The summed E-state index contributed by atoms with van der Waals surface area (Å²) in [6.07, 6.45) is 16.9. The van der Waals surface area contributed by atoms with E-state index in [1.807, 2.05) is 0 Å². The Bertz CT molecular complexity index is 448. The van der Waals surface area contributed by atoms with E-state index in [9.17, 15) is 19.5 Å². The number of aliphatic carboxylic acids is 1. The molecular weight excluding hydrogens is 366 g/mol. The summed E-state index contributed by atoms with van der Waals surface area (Å²) in [7, 11) is 0. The summed E-state index contributed by atoms with van der Waals surface area (Å²) in [6.45, 7) is 5.84. The number of carboxylic acid groups (broad SMARTS) is 1. The highest BCUT2D eigenvalue weighted by molar-refractivity contribution is 5.85. The van der Waals surface area contributed by atoms with E-state index in [0.717, 1.165) is 19.3 Å². The lowest BCUT2D eigenvalue weighted by atomic mass is 10.0. The van der Waals surface area contributed by atoms with Crippen molar-refractivity contribution in [2.45, 2.75) is 130 Å². The van der Waals surface area contributed by atoms with E-state index in [4.69, 9.17) is 0 Å². The van der Waals surface area contributed by atoms with Crippen LogP contribution in [0.2, 0.25) is 0 Å². The molecule has 0 aromatic carbocycles. The zero-order valence-electron chi connectivity index (χ0n) is 19.1. The Morgan fingerprint density at radius 1 is 0.724 bits per heavy atom. The van der Waals surface area contributed by atoms with E-state index >= 15 is 0 Å². The van der Waals surface area contributed by atoms with E-state index in [2.05, 4.69) is 12.2 Å². The molecule has 1 amide bonds. The summed E-state index contributed by atoms with van der Waals surface area (Å²) in [4.78, 5) is 34.9. The van der Waals surface area contributed by atoms with Gasteiger partial charge in [-0.25, -0.2) is 4.79 Å². The van der Waals surface area contributed by atoms with Crippen molar-refractivity contribution in [3.8, 4) is 0 Å². The van der Waals surface area contributed by atoms with Gasteiger partial charge in [0, 0.05) is 18.8 Å². The molecule has 0 heterocycles. The lowest BCUT2D eigenvalue weighted by molar-refractivity contribution is -0.142. The van der Waals surface area contributed by atoms with Gasteiger partial charge in [-0.2, -0.15) is 0 Å². The minimum absolute atomic E-state index is 0.0296. The summed E-state index contributed by atoms with van der Waals surface area (Å²) in [6, 6.07) is -0.966. The number of Topliss-reactive ketones (excluding diaryl/α,β-unsaturated/α-hetero) is 1. The lowest BCUT2D eigenvalue weighted by Gasteiger charge is -2.14. The third-order valence-corrected chi connectivity index (χ3v) is 5.46. The highest BCUT2D eigenvalue weighted by Gasteiger charge is 2.21. The van der Waals surface area contributed by atoms with Gasteiger partial charge in [-0.1, -0.05) is 97.8 Å². The number of carboxylic acids is 1. The van der Waals surface area contributed by atoms with Gasteiger partial charge in [0.2, 0.25) is 5.91 Å². The molecule has 0 unspecified atom stereocenters. The maximum absolute atomic E-state index is 12.0. The number of ketones is 1. The number of nitrogens with one attached hydrogen (secondary N) is 1. The Morgan fingerprint density at radius 3 is 1.59 bits per heavy atom. The number of carbonyl (C=O) groups is 3.